The lowest BCUT2D eigenvalue weighted by atomic mass is 10.2. The van der Waals surface area contributed by atoms with E-state index in [1.807, 2.05) is 32.9 Å². The summed E-state index contributed by atoms with van der Waals surface area (Å²) in [5, 5.41) is 3.14. The first-order chi connectivity index (χ1) is 8.49. The van der Waals surface area contributed by atoms with E-state index in [0.29, 0.717) is 6.54 Å². The van der Waals surface area contributed by atoms with Crippen LogP contribution in [0.5, 0.6) is 0 Å². The van der Waals surface area contributed by atoms with Gasteiger partial charge in [-0.3, -0.25) is 4.79 Å². The summed E-state index contributed by atoms with van der Waals surface area (Å²) in [6.07, 6.45) is 0. The number of rotatable bonds is 5. The Hall–Kier alpha value is -1.23. The summed E-state index contributed by atoms with van der Waals surface area (Å²) < 4.78 is 0.873. The molecule has 4 nitrogen and oxygen atoms in total. The maximum atomic E-state index is 11.9. The number of carbonyl (C=O) groups is 1. The third kappa shape index (κ3) is 3.63. The Morgan fingerprint density at radius 1 is 1.39 bits per heavy atom. The van der Waals surface area contributed by atoms with Crippen molar-refractivity contribution in [3.63, 3.8) is 0 Å². The number of nitrogens with two attached hydrogens (primary N) is 1. The van der Waals surface area contributed by atoms with E-state index in [9.17, 15) is 4.79 Å². The van der Waals surface area contributed by atoms with Gasteiger partial charge in [0.1, 0.15) is 0 Å². The Labute approximate surface area is 117 Å². The topological polar surface area (TPSA) is 58.4 Å². The van der Waals surface area contributed by atoms with Crippen molar-refractivity contribution in [3.05, 3.63) is 22.2 Å². The number of hydrogen-bond donors (Lipinski definition) is 2. The normalized spacial score (nSPS) is 10.2. The van der Waals surface area contributed by atoms with Crippen molar-refractivity contribution in [2.75, 3.05) is 30.7 Å². The van der Waals surface area contributed by atoms with Crippen LogP contribution in [0.2, 0.25) is 0 Å². The van der Waals surface area contributed by atoms with Crippen LogP contribution in [0.15, 0.2) is 16.6 Å². The molecule has 5 heteroatoms. The fraction of sp³-hybridized carbons (Fsp3) is 0.462. The van der Waals surface area contributed by atoms with Gasteiger partial charge in [0.15, 0.2) is 0 Å². The minimum absolute atomic E-state index is 0.0985. The summed E-state index contributed by atoms with van der Waals surface area (Å²) in [5.74, 6) is 0.0985. The number of anilines is 2. The van der Waals surface area contributed by atoms with Gasteiger partial charge in [-0.2, -0.15) is 0 Å². The molecule has 1 rings (SSSR count). The zero-order valence-corrected chi connectivity index (χ0v) is 12.7. The van der Waals surface area contributed by atoms with Crippen LogP contribution in [-0.2, 0) is 4.79 Å². The van der Waals surface area contributed by atoms with E-state index >= 15 is 0 Å². The lowest BCUT2D eigenvalue weighted by molar-refractivity contribution is -0.128. The van der Waals surface area contributed by atoms with Crippen molar-refractivity contribution in [3.8, 4) is 0 Å². The molecule has 0 heterocycles. The Bertz CT molecular complexity index is 430. The minimum atomic E-state index is 0.0985. The molecule has 1 aromatic carbocycles. The van der Waals surface area contributed by atoms with Crippen molar-refractivity contribution in [1.82, 2.24) is 4.90 Å². The lowest BCUT2D eigenvalue weighted by Gasteiger charge is -2.19. The van der Waals surface area contributed by atoms with Crippen molar-refractivity contribution >= 4 is 33.2 Å². The summed E-state index contributed by atoms with van der Waals surface area (Å²) in [5.41, 5.74) is 8.43. The smallest absolute Gasteiger partial charge is 0.241 e. The Morgan fingerprint density at radius 3 is 2.56 bits per heavy atom. The zero-order chi connectivity index (χ0) is 13.7. The first-order valence-electron chi connectivity index (χ1n) is 6.06. The standard InChI is InChI=1S/C13H20BrN3O/c1-4-17(5-2)13(18)8-16-12-6-9(3)11(15)7-10(12)14/h6-7,16H,4-5,8,15H2,1-3H3. The van der Waals surface area contributed by atoms with Gasteiger partial charge in [-0.15, -0.1) is 0 Å². The van der Waals surface area contributed by atoms with E-state index in [2.05, 4.69) is 21.2 Å². The van der Waals surface area contributed by atoms with Gasteiger partial charge < -0.3 is 16.0 Å². The number of benzene rings is 1. The Morgan fingerprint density at radius 2 is 2.00 bits per heavy atom. The quantitative estimate of drug-likeness (QED) is 0.822. The van der Waals surface area contributed by atoms with Crippen LogP contribution in [0.4, 0.5) is 11.4 Å². The monoisotopic (exact) mass is 313 g/mol. The molecule has 0 saturated carbocycles. The molecule has 0 aromatic heterocycles. The number of halogens is 1. The number of amides is 1. The summed E-state index contributed by atoms with van der Waals surface area (Å²) >= 11 is 3.44. The second kappa shape index (κ2) is 6.64. The molecular formula is C13H20BrN3O. The van der Waals surface area contributed by atoms with Crippen molar-refractivity contribution in [1.29, 1.82) is 0 Å². The maximum absolute atomic E-state index is 11.9. The average Bonchev–Trinajstić information content (AvgIpc) is 2.33. The molecule has 0 radical (unpaired) electrons. The predicted octanol–water partition coefficient (Wildman–Crippen LogP) is 2.62. The zero-order valence-electron chi connectivity index (χ0n) is 11.1. The van der Waals surface area contributed by atoms with E-state index in [1.165, 1.54) is 0 Å². The fourth-order valence-corrected chi connectivity index (χ4v) is 2.19. The van der Waals surface area contributed by atoms with E-state index < -0.39 is 0 Å². The van der Waals surface area contributed by atoms with Gasteiger partial charge in [-0.25, -0.2) is 0 Å². The number of aryl methyl sites for hydroxylation is 1. The highest BCUT2D eigenvalue weighted by Gasteiger charge is 2.10. The summed E-state index contributed by atoms with van der Waals surface area (Å²) in [6.45, 7) is 7.66. The van der Waals surface area contributed by atoms with Crippen LogP contribution in [0.1, 0.15) is 19.4 Å². The number of carbonyl (C=O) groups excluding carboxylic acids is 1. The molecule has 100 valence electrons. The molecule has 0 saturated heterocycles. The molecule has 0 unspecified atom stereocenters. The Kier molecular flexibility index (Phi) is 5.47. The highest BCUT2D eigenvalue weighted by Crippen LogP contribution is 2.27. The summed E-state index contributed by atoms with van der Waals surface area (Å²) in [6, 6.07) is 3.79. The Balaban J connectivity index is 2.69. The predicted molar refractivity (Wildman–Crippen MR) is 79.7 cm³/mol. The molecule has 0 aliphatic carbocycles. The fourth-order valence-electron chi connectivity index (χ4n) is 1.69. The molecular weight excluding hydrogens is 294 g/mol. The highest BCUT2D eigenvalue weighted by atomic mass is 79.9. The van der Waals surface area contributed by atoms with Crippen LogP contribution in [-0.4, -0.2) is 30.4 Å². The SMILES string of the molecule is CCN(CC)C(=O)CNc1cc(C)c(N)cc1Br. The summed E-state index contributed by atoms with van der Waals surface area (Å²) in [7, 11) is 0. The first kappa shape index (κ1) is 14.8. The van der Waals surface area contributed by atoms with Gasteiger partial charge in [0.25, 0.3) is 0 Å². The number of hydrogen-bond acceptors (Lipinski definition) is 3. The van der Waals surface area contributed by atoms with E-state index in [-0.39, 0.29) is 5.91 Å². The number of nitrogens with zero attached hydrogens (tertiary/aromatic N) is 1. The summed E-state index contributed by atoms with van der Waals surface area (Å²) in [4.78, 5) is 13.7. The number of likely N-dealkylation sites (N-methyl/N-ethyl adjacent to an activating group) is 1. The minimum Gasteiger partial charge on any atom is -0.398 e. The maximum Gasteiger partial charge on any atom is 0.241 e. The van der Waals surface area contributed by atoms with Gasteiger partial charge >= 0.3 is 0 Å². The molecule has 3 N–H and O–H groups in total. The molecule has 0 aliphatic heterocycles. The average molecular weight is 314 g/mol. The molecule has 1 aromatic rings. The van der Waals surface area contributed by atoms with Gasteiger partial charge in [-0.1, -0.05) is 0 Å². The molecule has 1 amide bonds. The van der Waals surface area contributed by atoms with Crippen LogP contribution < -0.4 is 11.1 Å². The van der Waals surface area contributed by atoms with E-state index in [1.54, 1.807) is 4.90 Å². The molecule has 0 bridgehead atoms. The second-order valence-corrected chi connectivity index (χ2v) is 4.96. The molecule has 0 aliphatic rings. The van der Waals surface area contributed by atoms with Gasteiger partial charge in [0.05, 0.1) is 6.54 Å². The van der Waals surface area contributed by atoms with Crippen molar-refractivity contribution < 1.29 is 4.79 Å². The molecule has 0 spiro atoms. The van der Waals surface area contributed by atoms with Gasteiger partial charge in [-0.05, 0) is 54.4 Å². The van der Waals surface area contributed by atoms with Crippen molar-refractivity contribution in [2.24, 2.45) is 0 Å². The molecule has 0 atom stereocenters. The van der Waals surface area contributed by atoms with Crippen LogP contribution in [0, 0.1) is 6.92 Å². The van der Waals surface area contributed by atoms with Crippen molar-refractivity contribution in [2.45, 2.75) is 20.8 Å². The first-order valence-corrected chi connectivity index (χ1v) is 6.86. The largest absolute Gasteiger partial charge is 0.398 e. The second-order valence-electron chi connectivity index (χ2n) is 4.11. The number of nitrogen functional groups attached to an aromatic ring is 1. The third-order valence-electron chi connectivity index (χ3n) is 2.90. The van der Waals surface area contributed by atoms with Crippen LogP contribution >= 0.6 is 15.9 Å². The highest BCUT2D eigenvalue weighted by molar-refractivity contribution is 9.10. The van der Waals surface area contributed by atoms with Crippen LogP contribution in [0.25, 0.3) is 0 Å². The number of nitrogens with one attached hydrogen (secondary N) is 1. The molecule has 18 heavy (non-hydrogen) atoms. The van der Waals surface area contributed by atoms with E-state index in [4.69, 9.17) is 5.73 Å². The van der Waals surface area contributed by atoms with E-state index in [0.717, 1.165) is 34.5 Å². The molecule has 0 fully saturated rings. The van der Waals surface area contributed by atoms with Gasteiger partial charge in [0, 0.05) is 28.9 Å². The van der Waals surface area contributed by atoms with Crippen LogP contribution in [0.3, 0.4) is 0 Å². The third-order valence-corrected chi connectivity index (χ3v) is 3.56. The van der Waals surface area contributed by atoms with Gasteiger partial charge in [0.2, 0.25) is 5.91 Å². The lowest BCUT2D eigenvalue weighted by Crippen LogP contribution is -2.35.